The Morgan fingerprint density at radius 2 is 0.629 bits per heavy atom. The molecule has 15 rings (SSSR count). The molecule has 2 heteroatoms. The Kier molecular flexibility index (Phi) is 6.84. The molecule has 62 heavy (non-hydrogen) atoms. The van der Waals surface area contributed by atoms with Gasteiger partial charge in [-0.15, -0.1) is 0 Å². The summed E-state index contributed by atoms with van der Waals surface area (Å²) in [7, 11) is 0. The molecular weight excluding hydrogens is 749 g/mol. The van der Waals surface area contributed by atoms with Crippen molar-refractivity contribution in [1.82, 2.24) is 0 Å². The van der Waals surface area contributed by atoms with Gasteiger partial charge in [0.1, 0.15) is 0 Å². The van der Waals surface area contributed by atoms with Gasteiger partial charge >= 0.3 is 0 Å². The van der Waals surface area contributed by atoms with Gasteiger partial charge in [0.15, 0.2) is 0 Å². The number of hydrogen-bond acceptors (Lipinski definition) is 2. The molecule has 10 aromatic carbocycles. The van der Waals surface area contributed by atoms with Crippen molar-refractivity contribution < 1.29 is 0 Å². The lowest BCUT2D eigenvalue weighted by molar-refractivity contribution is 0.361. The second kappa shape index (κ2) is 12.4. The van der Waals surface area contributed by atoms with Crippen molar-refractivity contribution in [3.8, 4) is 22.3 Å². The number of benzene rings is 10. The summed E-state index contributed by atoms with van der Waals surface area (Å²) in [4.78, 5) is 5.15. The van der Waals surface area contributed by atoms with E-state index >= 15 is 0 Å². The summed E-state index contributed by atoms with van der Waals surface area (Å²) in [5, 5.41) is 5.08. The summed E-state index contributed by atoms with van der Waals surface area (Å²) in [5.74, 6) is 0. The van der Waals surface area contributed by atoms with Gasteiger partial charge in [0.05, 0.1) is 33.6 Å². The first-order chi connectivity index (χ1) is 30.7. The fourth-order valence-electron chi connectivity index (χ4n) is 12.2. The van der Waals surface area contributed by atoms with Crippen LogP contribution in [-0.2, 0) is 10.8 Å². The Bertz CT molecular complexity index is 3230. The maximum atomic E-state index is 2.58. The minimum Gasteiger partial charge on any atom is -0.310 e. The molecule has 290 valence electrons. The van der Waals surface area contributed by atoms with E-state index in [0.717, 1.165) is 12.8 Å². The third kappa shape index (κ3) is 4.38. The predicted octanol–water partition coefficient (Wildman–Crippen LogP) is 15.7. The lowest BCUT2D eigenvalue weighted by Crippen LogP contribution is -2.54. The average molecular weight is 789 g/mol. The average Bonchev–Trinajstić information content (AvgIpc) is 3.34. The van der Waals surface area contributed by atoms with E-state index in [0.29, 0.717) is 0 Å². The van der Waals surface area contributed by atoms with E-state index in [2.05, 4.69) is 228 Å². The molecular formula is C60H40N2. The van der Waals surface area contributed by atoms with E-state index in [1.54, 1.807) is 0 Å². The molecule has 3 aliphatic carbocycles. The largest absolute Gasteiger partial charge is 0.310 e. The molecule has 0 saturated heterocycles. The molecule has 2 heterocycles. The second-order valence-corrected chi connectivity index (χ2v) is 17.6. The van der Waals surface area contributed by atoms with Crippen molar-refractivity contribution in [2.24, 2.45) is 0 Å². The highest BCUT2D eigenvalue weighted by molar-refractivity contribution is 6.02. The quantitative estimate of drug-likeness (QED) is 0.175. The highest BCUT2D eigenvalue weighted by Gasteiger charge is 2.63. The topological polar surface area (TPSA) is 6.48 Å². The van der Waals surface area contributed by atoms with Crippen molar-refractivity contribution in [1.29, 1.82) is 0 Å². The minimum absolute atomic E-state index is 0.337. The highest BCUT2D eigenvalue weighted by atomic mass is 15.2. The molecule has 10 aromatic rings. The molecule has 0 N–H and O–H groups in total. The van der Waals surface area contributed by atoms with Crippen LogP contribution in [-0.4, -0.2) is 0 Å². The number of anilines is 6. The molecule has 0 radical (unpaired) electrons. The molecule has 2 atom stereocenters. The van der Waals surface area contributed by atoms with Crippen LogP contribution in [0.5, 0.6) is 0 Å². The lowest BCUT2D eigenvalue weighted by atomic mass is 9.44. The maximum Gasteiger partial charge on any atom is 0.0512 e. The summed E-state index contributed by atoms with van der Waals surface area (Å²) >= 11 is 0. The SMILES string of the molecule is c1ccc(-c2ccc(N3c4cc5ccccc5cc4C45CCC6(c7cc8ccccc8cc7N(c7ccc(-c8ccccc8)cc7)c7cccc4c76)c4cccc3c45)cc2)cc1. The van der Waals surface area contributed by atoms with Crippen LogP contribution in [0.3, 0.4) is 0 Å². The highest BCUT2D eigenvalue weighted by Crippen LogP contribution is 2.73. The number of rotatable bonds is 4. The number of hydrogen-bond donors (Lipinski definition) is 0. The van der Waals surface area contributed by atoms with Gasteiger partial charge in [-0.3, -0.25) is 0 Å². The van der Waals surface area contributed by atoms with E-state index in [4.69, 9.17) is 0 Å². The van der Waals surface area contributed by atoms with Gasteiger partial charge in [0, 0.05) is 11.4 Å². The third-order valence-corrected chi connectivity index (χ3v) is 14.8. The fraction of sp³-hybridized carbons (Fsp3) is 0.0667. The lowest BCUT2D eigenvalue weighted by Gasteiger charge is -2.62. The molecule has 0 saturated carbocycles. The van der Waals surface area contributed by atoms with Crippen molar-refractivity contribution in [2.75, 3.05) is 9.80 Å². The van der Waals surface area contributed by atoms with E-state index < -0.39 is 0 Å². The molecule has 2 bridgehead atoms. The Morgan fingerprint density at radius 3 is 1.03 bits per heavy atom. The standard InChI is InChI=1S/C60H40N2/c1-3-13-39(14-4-1)41-25-29-47(30-26-41)61-53-23-11-21-49-57(53)59(51-35-43-17-7-9-19-45(43)37-55(51)61)33-34-60(49)52-36-44-18-8-10-20-46(44)38-56(52)62(54-24-12-22-50(59)58(54)60)48-31-27-42(28-32-48)40-15-5-2-6-16-40/h1-32,35-38H,33-34H2. The van der Waals surface area contributed by atoms with E-state index in [1.165, 1.54) is 111 Å². The minimum atomic E-state index is -0.337. The van der Waals surface area contributed by atoms with Crippen LogP contribution >= 0.6 is 0 Å². The van der Waals surface area contributed by atoms with E-state index in [-0.39, 0.29) is 10.8 Å². The van der Waals surface area contributed by atoms with Crippen LogP contribution < -0.4 is 9.80 Å². The molecule has 2 aliphatic heterocycles. The van der Waals surface area contributed by atoms with Crippen molar-refractivity contribution >= 4 is 55.7 Å². The summed E-state index contributed by atoms with van der Waals surface area (Å²) < 4.78 is 0. The summed E-state index contributed by atoms with van der Waals surface area (Å²) in [6.07, 6.45) is 2.05. The zero-order valence-electron chi connectivity index (χ0n) is 34.1. The second-order valence-electron chi connectivity index (χ2n) is 17.6. The smallest absolute Gasteiger partial charge is 0.0512 e. The van der Waals surface area contributed by atoms with Gasteiger partial charge in [-0.1, -0.05) is 158 Å². The van der Waals surface area contributed by atoms with Gasteiger partial charge in [-0.05, 0) is 151 Å². The first-order valence-electron chi connectivity index (χ1n) is 22.0. The Hall–Kier alpha value is -7.68. The van der Waals surface area contributed by atoms with Crippen LogP contribution in [0.4, 0.5) is 34.1 Å². The summed E-state index contributed by atoms with van der Waals surface area (Å²) in [5.41, 5.74) is 20.3. The monoisotopic (exact) mass is 788 g/mol. The van der Waals surface area contributed by atoms with Crippen LogP contribution in [0.2, 0.25) is 0 Å². The molecule has 2 unspecified atom stereocenters. The van der Waals surface area contributed by atoms with E-state index in [9.17, 15) is 0 Å². The molecule has 0 fully saturated rings. The first kappa shape index (κ1) is 34.1. The van der Waals surface area contributed by atoms with Crippen molar-refractivity contribution in [2.45, 2.75) is 23.7 Å². The molecule has 0 aromatic heterocycles. The van der Waals surface area contributed by atoms with Gasteiger partial charge in [-0.2, -0.15) is 0 Å². The van der Waals surface area contributed by atoms with E-state index in [1.807, 2.05) is 0 Å². The summed E-state index contributed by atoms with van der Waals surface area (Å²) in [6, 6.07) is 82.2. The zero-order chi connectivity index (χ0) is 40.6. The molecule has 2 spiro atoms. The molecule has 2 nitrogen and oxygen atoms in total. The molecule has 0 amide bonds. The van der Waals surface area contributed by atoms with Gasteiger partial charge < -0.3 is 9.80 Å². The number of nitrogens with zero attached hydrogens (tertiary/aromatic N) is 2. The maximum absolute atomic E-state index is 2.58. The third-order valence-electron chi connectivity index (χ3n) is 14.8. The Labute approximate surface area is 361 Å². The number of fused-ring (bicyclic) bond motifs is 5. The first-order valence-corrected chi connectivity index (χ1v) is 22.0. The Balaban J connectivity index is 1.06. The van der Waals surface area contributed by atoms with Crippen LogP contribution in [0.15, 0.2) is 218 Å². The van der Waals surface area contributed by atoms with Crippen LogP contribution in [0.1, 0.15) is 46.2 Å². The van der Waals surface area contributed by atoms with Crippen LogP contribution in [0.25, 0.3) is 43.8 Å². The zero-order valence-corrected chi connectivity index (χ0v) is 34.1. The summed E-state index contributed by atoms with van der Waals surface area (Å²) in [6.45, 7) is 0. The van der Waals surface area contributed by atoms with Crippen LogP contribution in [0, 0.1) is 0 Å². The van der Waals surface area contributed by atoms with Crippen molar-refractivity contribution in [3.63, 3.8) is 0 Å². The predicted molar refractivity (Wildman–Crippen MR) is 257 cm³/mol. The Morgan fingerprint density at radius 1 is 0.274 bits per heavy atom. The van der Waals surface area contributed by atoms with Gasteiger partial charge in [0.2, 0.25) is 0 Å². The normalized spacial score (nSPS) is 18.6. The van der Waals surface area contributed by atoms with Gasteiger partial charge in [-0.25, -0.2) is 0 Å². The molecule has 5 aliphatic rings. The van der Waals surface area contributed by atoms with Gasteiger partial charge in [0.25, 0.3) is 0 Å². The van der Waals surface area contributed by atoms with Crippen molar-refractivity contribution in [3.05, 3.63) is 252 Å². The fourth-order valence-corrected chi connectivity index (χ4v) is 12.2.